The number of hydrogen-bond donors (Lipinski definition) is 0. The van der Waals surface area contributed by atoms with Gasteiger partial charge in [-0.15, -0.1) is 11.3 Å². The average Bonchev–Trinajstić information content (AvgIpc) is 3.81. The lowest BCUT2D eigenvalue weighted by atomic mass is 9.92. The molecular formula is C46H27NS. The topological polar surface area (TPSA) is 4.93 Å². The highest BCUT2D eigenvalue weighted by Gasteiger charge is 2.23. The van der Waals surface area contributed by atoms with E-state index < -0.39 is 0 Å². The maximum Gasteiger partial charge on any atom is 0.0719 e. The molecule has 2 aromatic heterocycles. The van der Waals surface area contributed by atoms with E-state index in [-0.39, 0.29) is 0 Å². The molecule has 0 atom stereocenters. The molecule has 0 aliphatic heterocycles. The van der Waals surface area contributed by atoms with E-state index in [9.17, 15) is 0 Å². The van der Waals surface area contributed by atoms with Crippen molar-refractivity contribution in [2.45, 2.75) is 0 Å². The molecule has 10 aromatic rings. The molecular weight excluding hydrogens is 599 g/mol. The Kier molecular flexibility index (Phi) is 5.32. The first-order chi connectivity index (χ1) is 23.8. The molecule has 0 radical (unpaired) electrons. The van der Waals surface area contributed by atoms with Crippen LogP contribution >= 0.6 is 11.3 Å². The summed E-state index contributed by atoms with van der Waals surface area (Å²) in [6.45, 7) is 0. The van der Waals surface area contributed by atoms with Crippen LogP contribution in [0.4, 0.5) is 0 Å². The largest absolute Gasteiger partial charge is 0.308 e. The lowest BCUT2D eigenvalue weighted by Gasteiger charge is -2.12. The summed E-state index contributed by atoms with van der Waals surface area (Å²) in [5, 5.41) is 7.90. The summed E-state index contributed by atoms with van der Waals surface area (Å²) in [6, 6.07) is 60.6. The quantitative estimate of drug-likeness (QED) is 0.184. The van der Waals surface area contributed by atoms with Gasteiger partial charge in [-0.05, 0) is 91.7 Å². The second-order valence-electron chi connectivity index (χ2n) is 12.9. The zero-order chi connectivity index (χ0) is 31.3. The van der Waals surface area contributed by atoms with Crippen LogP contribution in [0.5, 0.6) is 0 Å². The van der Waals surface area contributed by atoms with Crippen LogP contribution in [0.3, 0.4) is 0 Å². The lowest BCUT2D eigenvalue weighted by molar-refractivity contribution is 1.19. The molecule has 0 saturated carbocycles. The van der Waals surface area contributed by atoms with Crippen molar-refractivity contribution in [1.29, 1.82) is 0 Å². The number of nitrogens with zero attached hydrogens (tertiary/aromatic N) is 1. The molecule has 222 valence electrons. The van der Waals surface area contributed by atoms with Crippen LogP contribution in [0, 0.1) is 0 Å². The van der Waals surface area contributed by atoms with E-state index in [1.165, 1.54) is 103 Å². The summed E-state index contributed by atoms with van der Waals surface area (Å²) in [6.07, 6.45) is 0. The van der Waals surface area contributed by atoms with E-state index >= 15 is 0 Å². The predicted molar refractivity (Wildman–Crippen MR) is 206 cm³/mol. The minimum atomic E-state index is 1.19. The number of aromatic nitrogens is 1. The van der Waals surface area contributed by atoms with Crippen molar-refractivity contribution in [1.82, 2.24) is 4.57 Å². The van der Waals surface area contributed by atoms with E-state index in [0.29, 0.717) is 0 Å². The molecule has 0 fully saturated rings. The summed E-state index contributed by atoms with van der Waals surface area (Å²) in [4.78, 5) is 0. The van der Waals surface area contributed by atoms with Crippen LogP contribution in [-0.2, 0) is 0 Å². The van der Waals surface area contributed by atoms with Crippen molar-refractivity contribution >= 4 is 64.1 Å². The van der Waals surface area contributed by atoms with Crippen LogP contribution in [0.25, 0.3) is 103 Å². The van der Waals surface area contributed by atoms with Gasteiger partial charge in [-0.25, -0.2) is 0 Å². The minimum absolute atomic E-state index is 1.19. The summed E-state index contributed by atoms with van der Waals surface area (Å²) in [5.74, 6) is 0. The fraction of sp³-hybridized carbons (Fsp3) is 0. The molecule has 0 bridgehead atoms. The van der Waals surface area contributed by atoms with Gasteiger partial charge in [-0.2, -0.15) is 0 Å². The van der Waals surface area contributed by atoms with Crippen LogP contribution in [-0.4, -0.2) is 4.57 Å². The first-order valence-corrected chi connectivity index (χ1v) is 17.3. The highest BCUT2D eigenvalue weighted by molar-refractivity contribution is 7.26. The van der Waals surface area contributed by atoms with Gasteiger partial charge in [0.25, 0.3) is 0 Å². The maximum absolute atomic E-state index is 2.47. The Bertz CT molecular complexity index is 2910. The van der Waals surface area contributed by atoms with Gasteiger partial charge >= 0.3 is 0 Å². The number of benzene rings is 8. The maximum atomic E-state index is 2.47. The first-order valence-electron chi connectivity index (χ1n) is 16.5. The molecule has 2 heteroatoms. The monoisotopic (exact) mass is 625 g/mol. The lowest BCUT2D eigenvalue weighted by Crippen LogP contribution is -1.93. The van der Waals surface area contributed by atoms with Gasteiger partial charge in [0.1, 0.15) is 0 Å². The number of rotatable bonds is 3. The van der Waals surface area contributed by atoms with Gasteiger partial charge in [0.05, 0.1) is 15.7 Å². The van der Waals surface area contributed by atoms with E-state index in [0.717, 1.165) is 0 Å². The van der Waals surface area contributed by atoms with E-state index in [1.807, 2.05) is 11.3 Å². The van der Waals surface area contributed by atoms with Gasteiger partial charge in [-0.3, -0.25) is 0 Å². The Morgan fingerprint density at radius 2 is 1.04 bits per heavy atom. The SMILES string of the molecule is c1ccc(-n2c3ccc(-c4cccc(-c5ccc6c7c(cccc57)-c5ccccc5-6)c4)cc3c3ccc4c5ccccc5sc4c32)cc1. The second-order valence-corrected chi connectivity index (χ2v) is 13.9. The number of hydrogen-bond acceptors (Lipinski definition) is 1. The standard InChI is InChI=1S/C46H27NS/c1-2-12-31(13-3-1)47-42-25-20-29(27-41(42)39-23-24-40-35-16-6-7-19-43(35)48-46(40)45(39)47)28-10-8-11-30(26-28)32-21-22-38-34-15-5-4-14-33(34)37-18-9-17-36(32)44(37)38/h1-27H. The zero-order valence-corrected chi connectivity index (χ0v) is 26.8. The molecule has 0 amide bonds. The van der Waals surface area contributed by atoms with Crippen molar-refractivity contribution in [2.75, 3.05) is 0 Å². The second kappa shape index (κ2) is 9.78. The van der Waals surface area contributed by atoms with Gasteiger partial charge in [0.2, 0.25) is 0 Å². The van der Waals surface area contributed by atoms with E-state index in [2.05, 4.69) is 168 Å². The average molecular weight is 626 g/mol. The van der Waals surface area contributed by atoms with Crippen LogP contribution in [0.2, 0.25) is 0 Å². The first kappa shape index (κ1) is 26.1. The Morgan fingerprint density at radius 1 is 0.375 bits per heavy atom. The molecule has 0 N–H and O–H groups in total. The fourth-order valence-corrected chi connectivity index (χ4v) is 9.47. The Balaban J connectivity index is 1.12. The molecule has 2 heterocycles. The third-order valence-corrected chi connectivity index (χ3v) is 11.5. The molecule has 8 aromatic carbocycles. The third-order valence-electron chi connectivity index (χ3n) is 10.3. The molecule has 1 aliphatic carbocycles. The fourth-order valence-electron chi connectivity index (χ4n) is 8.23. The van der Waals surface area contributed by atoms with Gasteiger partial charge in [0, 0.05) is 31.9 Å². The number of para-hydroxylation sites is 1. The molecule has 0 spiro atoms. The summed E-state index contributed by atoms with van der Waals surface area (Å²) < 4.78 is 5.13. The molecule has 48 heavy (non-hydrogen) atoms. The molecule has 11 rings (SSSR count). The summed E-state index contributed by atoms with van der Waals surface area (Å²) in [7, 11) is 0. The van der Waals surface area contributed by atoms with E-state index in [1.54, 1.807) is 0 Å². The van der Waals surface area contributed by atoms with Crippen molar-refractivity contribution in [3.8, 4) is 50.2 Å². The van der Waals surface area contributed by atoms with Crippen molar-refractivity contribution in [3.63, 3.8) is 0 Å². The minimum Gasteiger partial charge on any atom is -0.308 e. The summed E-state index contributed by atoms with van der Waals surface area (Å²) in [5.41, 5.74) is 14.0. The highest BCUT2D eigenvalue weighted by Crippen LogP contribution is 2.49. The van der Waals surface area contributed by atoms with Crippen LogP contribution in [0.15, 0.2) is 164 Å². The normalized spacial score (nSPS) is 12.2. The van der Waals surface area contributed by atoms with Gasteiger partial charge in [0.15, 0.2) is 0 Å². The molecule has 1 nitrogen and oxygen atoms in total. The van der Waals surface area contributed by atoms with Gasteiger partial charge in [-0.1, -0.05) is 127 Å². The smallest absolute Gasteiger partial charge is 0.0719 e. The molecule has 0 unspecified atom stereocenters. The number of thiophene rings is 1. The van der Waals surface area contributed by atoms with Crippen molar-refractivity contribution in [3.05, 3.63) is 164 Å². The zero-order valence-electron chi connectivity index (χ0n) is 25.9. The van der Waals surface area contributed by atoms with E-state index in [4.69, 9.17) is 0 Å². The number of fused-ring (bicyclic) bond motifs is 10. The predicted octanol–water partition coefficient (Wildman–Crippen LogP) is 13.3. The Labute approximate surface area is 281 Å². The van der Waals surface area contributed by atoms with Crippen LogP contribution in [0.1, 0.15) is 0 Å². The highest BCUT2D eigenvalue weighted by atomic mass is 32.1. The summed E-state index contributed by atoms with van der Waals surface area (Å²) >= 11 is 1.90. The van der Waals surface area contributed by atoms with Crippen molar-refractivity contribution in [2.24, 2.45) is 0 Å². The third kappa shape index (κ3) is 3.55. The van der Waals surface area contributed by atoms with Gasteiger partial charge < -0.3 is 4.57 Å². The molecule has 1 aliphatic rings. The van der Waals surface area contributed by atoms with Crippen molar-refractivity contribution < 1.29 is 0 Å². The Morgan fingerprint density at radius 3 is 1.94 bits per heavy atom. The Hall–Kier alpha value is -5.96. The van der Waals surface area contributed by atoms with Crippen LogP contribution < -0.4 is 0 Å². The molecule has 0 saturated heterocycles.